The Labute approximate surface area is 176 Å². The molecule has 2 saturated heterocycles. The Balaban J connectivity index is 1.60. The first-order chi connectivity index (χ1) is 13.8. The molecule has 0 radical (unpaired) electrons. The number of carbonyl (C=O) groups is 1. The number of benzene rings is 2. The molecule has 0 aliphatic carbocycles. The normalized spacial score (nSPS) is 24.1. The molecule has 0 saturated carbocycles. The number of nitrogens with zero attached hydrogens (tertiary/aromatic N) is 2. The van der Waals surface area contributed by atoms with Gasteiger partial charge in [-0.25, -0.2) is 8.42 Å². The second-order valence-corrected chi connectivity index (χ2v) is 11.2. The van der Waals surface area contributed by atoms with E-state index in [-0.39, 0.29) is 28.7 Å². The summed E-state index contributed by atoms with van der Waals surface area (Å²) in [4.78, 5) is 19.0. The van der Waals surface area contributed by atoms with E-state index in [9.17, 15) is 13.2 Å². The monoisotopic (exact) mass is 428 g/mol. The Morgan fingerprint density at radius 2 is 1.79 bits per heavy atom. The van der Waals surface area contributed by atoms with Crippen LogP contribution in [0.15, 0.2) is 53.5 Å². The molecule has 2 aliphatic rings. The number of aliphatic imine (C=N–C) groups is 1. The van der Waals surface area contributed by atoms with Crippen molar-refractivity contribution in [3.8, 4) is 0 Å². The van der Waals surface area contributed by atoms with E-state index in [1.165, 1.54) is 11.8 Å². The highest BCUT2D eigenvalue weighted by Crippen LogP contribution is 2.41. The van der Waals surface area contributed by atoms with Gasteiger partial charge >= 0.3 is 0 Å². The molecule has 2 aliphatic heterocycles. The van der Waals surface area contributed by atoms with Crippen molar-refractivity contribution in [2.45, 2.75) is 38.0 Å². The van der Waals surface area contributed by atoms with Gasteiger partial charge in [0.15, 0.2) is 15.0 Å². The van der Waals surface area contributed by atoms with Gasteiger partial charge in [0.1, 0.15) is 0 Å². The molecule has 0 spiro atoms. The molecule has 0 unspecified atom stereocenters. The lowest BCUT2D eigenvalue weighted by Crippen LogP contribution is -2.37. The lowest BCUT2D eigenvalue weighted by Gasteiger charge is -2.25. The molecule has 0 bridgehead atoms. The molecule has 0 aromatic heterocycles. The van der Waals surface area contributed by atoms with E-state index in [4.69, 9.17) is 0 Å². The van der Waals surface area contributed by atoms with Gasteiger partial charge < -0.3 is 4.90 Å². The maximum Gasteiger partial charge on any atom is 0.248 e. The largest absolute Gasteiger partial charge is 0.316 e. The highest BCUT2D eigenvalue weighted by atomic mass is 32.2. The highest BCUT2D eigenvalue weighted by molar-refractivity contribution is 8.16. The van der Waals surface area contributed by atoms with Crippen molar-refractivity contribution in [1.82, 2.24) is 0 Å². The summed E-state index contributed by atoms with van der Waals surface area (Å²) in [7, 11) is -3.07. The van der Waals surface area contributed by atoms with Gasteiger partial charge in [0, 0.05) is 17.4 Å². The standard InChI is InChI=1S/C22H24N2O3S2/c1-15-10-16(2)12-18(11-15)24-19-13-29(26,27)14-20(19)28-22(24)23-21(25)9-8-17-6-4-3-5-7-17/h3-7,10-12,19-20H,8-9,13-14H2,1-2H3/t19-,20-/m1/s1. The number of amides is 1. The molecule has 2 aromatic rings. The van der Waals surface area contributed by atoms with Gasteiger partial charge in [0.25, 0.3) is 0 Å². The molecule has 0 N–H and O–H groups in total. The third kappa shape index (κ3) is 4.56. The molecular formula is C22H24N2O3S2. The van der Waals surface area contributed by atoms with Crippen LogP contribution in [0.4, 0.5) is 5.69 Å². The van der Waals surface area contributed by atoms with Crippen LogP contribution < -0.4 is 4.90 Å². The summed E-state index contributed by atoms with van der Waals surface area (Å²) in [6, 6.07) is 15.8. The van der Waals surface area contributed by atoms with E-state index in [1.54, 1.807) is 0 Å². The third-order valence-electron chi connectivity index (χ3n) is 5.24. The lowest BCUT2D eigenvalue weighted by molar-refractivity contribution is -0.117. The van der Waals surface area contributed by atoms with Crippen LogP contribution in [-0.2, 0) is 21.1 Å². The van der Waals surface area contributed by atoms with Crippen LogP contribution in [0.25, 0.3) is 0 Å². The zero-order valence-corrected chi connectivity index (χ0v) is 18.2. The van der Waals surface area contributed by atoms with Crippen LogP contribution in [-0.4, -0.2) is 42.3 Å². The van der Waals surface area contributed by atoms with Crippen LogP contribution in [0.3, 0.4) is 0 Å². The number of thioether (sulfide) groups is 1. The summed E-state index contributed by atoms with van der Waals surface area (Å²) < 4.78 is 24.4. The maximum absolute atomic E-state index is 12.6. The minimum Gasteiger partial charge on any atom is -0.316 e. The zero-order chi connectivity index (χ0) is 20.6. The van der Waals surface area contributed by atoms with E-state index in [0.717, 1.165) is 22.4 Å². The summed E-state index contributed by atoms with van der Waals surface area (Å²) in [6.07, 6.45) is 0.980. The average Bonchev–Trinajstić information content (AvgIpc) is 3.10. The summed E-state index contributed by atoms with van der Waals surface area (Å²) in [6.45, 7) is 4.04. The van der Waals surface area contributed by atoms with Gasteiger partial charge in [0.2, 0.25) is 5.91 Å². The SMILES string of the molecule is Cc1cc(C)cc(N2C(=NC(=O)CCc3ccccc3)S[C@@H]3CS(=O)(=O)C[C@H]32)c1. The van der Waals surface area contributed by atoms with E-state index >= 15 is 0 Å². The van der Waals surface area contributed by atoms with Gasteiger partial charge in [-0.1, -0.05) is 48.2 Å². The van der Waals surface area contributed by atoms with E-state index in [2.05, 4.69) is 11.1 Å². The van der Waals surface area contributed by atoms with Crippen LogP contribution in [0.5, 0.6) is 0 Å². The molecule has 2 fully saturated rings. The molecule has 7 heteroatoms. The molecule has 5 nitrogen and oxygen atoms in total. The second-order valence-electron chi connectivity index (χ2n) is 7.79. The first-order valence-corrected chi connectivity index (χ1v) is 12.4. The smallest absolute Gasteiger partial charge is 0.248 e. The van der Waals surface area contributed by atoms with Crippen molar-refractivity contribution in [2.75, 3.05) is 16.4 Å². The molecule has 1 amide bonds. The highest BCUT2D eigenvalue weighted by Gasteiger charge is 2.49. The molecule has 29 heavy (non-hydrogen) atoms. The summed E-state index contributed by atoms with van der Waals surface area (Å²) in [5.41, 5.74) is 4.22. The first kappa shape index (κ1) is 20.2. The van der Waals surface area contributed by atoms with Crippen molar-refractivity contribution in [1.29, 1.82) is 0 Å². The van der Waals surface area contributed by atoms with Crippen molar-refractivity contribution >= 4 is 38.4 Å². The quantitative estimate of drug-likeness (QED) is 0.745. The lowest BCUT2D eigenvalue weighted by atomic mass is 10.1. The van der Waals surface area contributed by atoms with Gasteiger partial charge in [-0.05, 0) is 49.1 Å². The van der Waals surface area contributed by atoms with Crippen LogP contribution in [0, 0.1) is 13.8 Å². The average molecular weight is 429 g/mol. The molecule has 2 aromatic carbocycles. The summed E-state index contributed by atoms with van der Waals surface area (Å²) in [5.74, 6) is 0.0731. The summed E-state index contributed by atoms with van der Waals surface area (Å²) in [5, 5.41) is 0.541. The molecule has 152 valence electrons. The van der Waals surface area contributed by atoms with Crippen molar-refractivity contribution in [2.24, 2.45) is 4.99 Å². The van der Waals surface area contributed by atoms with Crippen LogP contribution >= 0.6 is 11.8 Å². The van der Waals surface area contributed by atoms with Crippen LogP contribution in [0.2, 0.25) is 0 Å². The Morgan fingerprint density at radius 3 is 2.48 bits per heavy atom. The molecule has 2 heterocycles. The van der Waals surface area contributed by atoms with E-state index in [1.807, 2.05) is 61.2 Å². The van der Waals surface area contributed by atoms with Gasteiger partial charge in [0.05, 0.1) is 17.5 Å². The molecule has 2 atom stereocenters. The van der Waals surface area contributed by atoms with Gasteiger partial charge in [-0.3, -0.25) is 4.79 Å². The Morgan fingerprint density at radius 1 is 1.10 bits per heavy atom. The van der Waals surface area contributed by atoms with E-state index in [0.29, 0.717) is 18.0 Å². The van der Waals surface area contributed by atoms with Gasteiger partial charge in [-0.15, -0.1) is 0 Å². The minimum atomic E-state index is -3.07. The fraction of sp³-hybridized carbons (Fsp3) is 0.364. The van der Waals surface area contributed by atoms with Crippen molar-refractivity contribution in [3.05, 3.63) is 65.2 Å². The Hall–Kier alpha value is -2.12. The number of hydrogen-bond donors (Lipinski definition) is 0. The Kier molecular flexibility index (Phi) is 5.53. The third-order valence-corrected chi connectivity index (χ3v) is 8.45. The number of rotatable bonds is 4. The van der Waals surface area contributed by atoms with Crippen molar-refractivity contribution < 1.29 is 13.2 Å². The maximum atomic E-state index is 12.6. The molecule has 4 rings (SSSR count). The zero-order valence-electron chi connectivity index (χ0n) is 16.5. The number of aryl methyl sites for hydroxylation is 3. The Bertz CT molecular complexity index is 1040. The number of anilines is 1. The fourth-order valence-corrected chi connectivity index (χ4v) is 7.95. The number of carbonyl (C=O) groups excluding carboxylic acids is 1. The summed E-state index contributed by atoms with van der Waals surface area (Å²) >= 11 is 1.42. The topological polar surface area (TPSA) is 66.8 Å². The fourth-order valence-electron chi connectivity index (χ4n) is 4.01. The number of sulfone groups is 1. The predicted molar refractivity (Wildman–Crippen MR) is 119 cm³/mol. The number of amidine groups is 1. The van der Waals surface area contributed by atoms with Crippen LogP contribution in [0.1, 0.15) is 23.1 Å². The van der Waals surface area contributed by atoms with E-state index < -0.39 is 9.84 Å². The predicted octanol–water partition coefficient (Wildman–Crippen LogP) is 3.54. The number of hydrogen-bond acceptors (Lipinski definition) is 4. The molecular weight excluding hydrogens is 404 g/mol. The number of fused-ring (bicyclic) bond motifs is 1. The minimum absolute atomic E-state index is 0.0820. The van der Waals surface area contributed by atoms with Gasteiger partial charge in [-0.2, -0.15) is 4.99 Å². The van der Waals surface area contributed by atoms with Crippen molar-refractivity contribution in [3.63, 3.8) is 0 Å². The first-order valence-electron chi connectivity index (χ1n) is 9.71. The second kappa shape index (κ2) is 7.95.